The van der Waals surface area contributed by atoms with Crippen molar-refractivity contribution < 1.29 is 47.4 Å². The van der Waals surface area contributed by atoms with E-state index in [9.17, 15) is 28.6 Å². The molecule has 3 saturated heterocycles. The average molecular weight is 1170 g/mol. The van der Waals surface area contributed by atoms with Gasteiger partial charge in [-0.2, -0.15) is 0 Å². The highest BCUT2D eigenvalue weighted by atomic mass is 79.9. The Kier molecular flexibility index (Phi) is 17.9. The Morgan fingerprint density at radius 2 is 0.902 bits per heavy atom. The molecular weight excluding hydrogens is 1100 g/mol. The second-order valence-corrected chi connectivity index (χ2v) is 23.0. The fraction of sp³-hybridized carbons (Fsp3) is 0.265. The van der Waals surface area contributed by atoms with Crippen LogP contribution in [0.3, 0.4) is 0 Å². The predicted octanol–water partition coefficient (Wildman–Crippen LogP) is 14.3. The van der Waals surface area contributed by atoms with Gasteiger partial charge in [-0.1, -0.05) is 155 Å². The molecule has 2 N–H and O–H groups in total. The first-order valence-corrected chi connectivity index (χ1v) is 28.6. The number of halogens is 3. The summed E-state index contributed by atoms with van der Waals surface area (Å²) in [6.07, 6.45) is 0.0794. The molecule has 3 heterocycles. The monoisotopic (exact) mass is 1170 g/mol. The smallest absolute Gasteiger partial charge is 0.489 e. The van der Waals surface area contributed by atoms with E-state index in [-0.39, 0.29) is 47.4 Å². The zero-order chi connectivity index (χ0) is 57.5. The molecule has 2 amide bonds. The van der Waals surface area contributed by atoms with Crippen molar-refractivity contribution in [1.29, 1.82) is 0 Å². The van der Waals surface area contributed by atoms with E-state index in [0.717, 1.165) is 43.6 Å². The predicted molar refractivity (Wildman–Crippen MR) is 319 cm³/mol. The summed E-state index contributed by atoms with van der Waals surface area (Å²) in [5, 5.41) is 21.6. The third-order valence-electron chi connectivity index (χ3n) is 16.2. The summed E-state index contributed by atoms with van der Waals surface area (Å²) in [7, 11) is -0.571. The molecule has 8 aromatic carbocycles. The van der Waals surface area contributed by atoms with Gasteiger partial charge in [0.15, 0.2) is 0 Å². The Hall–Kier alpha value is -7.46. The minimum atomic E-state index is -0.815. The lowest BCUT2D eigenvalue weighted by atomic mass is 9.74. The Balaban J connectivity index is 0.000000187. The number of amides is 2. The zero-order valence-corrected chi connectivity index (χ0v) is 47.9. The van der Waals surface area contributed by atoms with E-state index in [4.69, 9.17) is 18.8 Å². The van der Waals surface area contributed by atoms with E-state index in [1.165, 1.54) is 24.3 Å². The minimum absolute atomic E-state index is 0.0125. The third-order valence-corrected chi connectivity index (χ3v) is 16.7. The number of benzene rings is 8. The fourth-order valence-corrected chi connectivity index (χ4v) is 11.2. The molecule has 0 radical (unpaired) electrons. The molecule has 0 unspecified atom stereocenters. The van der Waals surface area contributed by atoms with Gasteiger partial charge in [0.1, 0.15) is 36.3 Å². The van der Waals surface area contributed by atoms with Crippen LogP contribution in [0, 0.1) is 23.5 Å². The maximum Gasteiger partial charge on any atom is 0.494 e. The highest BCUT2D eigenvalue weighted by molar-refractivity contribution is 9.10. The lowest BCUT2D eigenvalue weighted by molar-refractivity contribution is -0.131. The molecule has 3 aliphatic rings. The Morgan fingerprint density at radius 1 is 0.524 bits per heavy atom. The standard InChI is InChI=1S/C37H39BFNO5.C31H27BrFNO3/c1-36(2)37(3,4)45-38(44-36)27-17-20-30(33(23-27)43-24-25-11-7-5-8-12-25)34-31(35(42)40(34)29-13-9-6-10-14-29)21-22-32(41)26-15-18-28(39)19-16-26;32-23-13-16-26(29(19-23)37-20-21-7-3-1-4-8-21)30-27(31(36)34(30)25-9-5-2-6-10-25)17-18-28(35)22-11-14-24(33)15-12-22/h5-20,23,31-32,34,41H,21-22,24H2,1-4H3;1-16,19,27-28,30,35H,17-18,20H2/t31-,32+,34-;27-,28+,30-/m11/s1. The molecule has 6 atom stereocenters. The van der Waals surface area contributed by atoms with Crippen molar-refractivity contribution in [1.82, 2.24) is 0 Å². The van der Waals surface area contributed by atoms with Crippen molar-refractivity contribution in [2.45, 2.75) is 102 Å². The first kappa shape index (κ1) is 57.8. The van der Waals surface area contributed by atoms with Crippen molar-refractivity contribution in [3.05, 3.63) is 256 Å². The van der Waals surface area contributed by atoms with Gasteiger partial charge in [0.25, 0.3) is 0 Å². The summed E-state index contributed by atoms with van der Waals surface area (Å²) >= 11 is 3.56. The van der Waals surface area contributed by atoms with Crippen LogP contribution in [-0.4, -0.2) is 40.3 Å². The second-order valence-electron chi connectivity index (χ2n) is 22.1. The van der Waals surface area contributed by atoms with Crippen molar-refractivity contribution in [3.63, 3.8) is 0 Å². The normalized spacial score (nSPS) is 19.5. The van der Waals surface area contributed by atoms with Gasteiger partial charge >= 0.3 is 7.12 Å². The summed E-state index contributed by atoms with van der Waals surface area (Å²) in [5.74, 6) is -0.0550. The maximum absolute atomic E-state index is 13.8. The van der Waals surface area contributed by atoms with Crippen molar-refractivity contribution >= 4 is 51.7 Å². The lowest BCUT2D eigenvalue weighted by Gasteiger charge is -2.48. The maximum atomic E-state index is 13.8. The van der Waals surface area contributed by atoms with Crippen molar-refractivity contribution in [3.8, 4) is 11.5 Å². The number of para-hydroxylation sites is 2. The Morgan fingerprint density at radius 3 is 1.32 bits per heavy atom. The van der Waals surface area contributed by atoms with E-state index >= 15 is 0 Å². The van der Waals surface area contributed by atoms with E-state index in [1.807, 2.05) is 195 Å². The average Bonchev–Trinajstić information content (AvgIpc) is 1.89. The van der Waals surface area contributed by atoms with E-state index in [2.05, 4.69) is 15.9 Å². The quantitative estimate of drug-likeness (QED) is 0.0607. The van der Waals surface area contributed by atoms with Crippen LogP contribution >= 0.6 is 15.9 Å². The Labute approximate surface area is 487 Å². The van der Waals surface area contributed by atoms with E-state index in [1.54, 1.807) is 24.3 Å². The number of hydrogen-bond acceptors (Lipinski definition) is 8. The van der Waals surface area contributed by atoms with Gasteiger partial charge in [0.2, 0.25) is 11.8 Å². The largest absolute Gasteiger partial charge is 0.494 e. The third kappa shape index (κ3) is 12.9. The summed E-state index contributed by atoms with van der Waals surface area (Å²) < 4.78 is 53.2. The summed E-state index contributed by atoms with van der Waals surface area (Å²) in [4.78, 5) is 30.8. The number of aliphatic hydroxyl groups excluding tert-OH is 2. The van der Waals surface area contributed by atoms with Crippen LogP contribution in [0.5, 0.6) is 11.5 Å². The zero-order valence-electron chi connectivity index (χ0n) is 46.3. The summed E-state index contributed by atoms with van der Waals surface area (Å²) in [6, 6.07) is 62.1. The highest BCUT2D eigenvalue weighted by Crippen LogP contribution is 2.51. The number of ether oxygens (including phenoxy) is 2. The molecule has 3 fully saturated rings. The van der Waals surface area contributed by atoms with Crippen LogP contribution in [-0.2, 0) is 32.1 Å². The first-order valence-electron chi connectivity index (χ1n) is 27.8. The number of hydrogen-bond donors (Lipinski definition) is 2. The van der Waals surface area contributed by atoms with Gasteiger partial charge in [0, 0.05) is 27.0 Å². The summed E-state index contributed by atoms with van der Waals surface area (Å²) in [5.41, 5.74) is 6.59. The van der Waals surface area contributed by atoms with E-state index < -0.39 is 30.5 Å². The number of carbonyl (C=O) groups is 2. The lowest BCUT2D eigenvalue weighted by Crippen LogP contribution is -2.55. The van der Waals surface area contributed by atoms with Crippen LogP contribution in [0.2, 0.25) is 0 Å². The molecule has 10 nitrogen and oxygen atoms in total. The van der Waals surface area contributed by atoms with Gasteiger partial charge in [0.05, 0.1) is 47.3 Å². The molecule has 0 aliphatic carbocycles. The molecule has 82 heavy (non-hydrogen) atoms. The van der Waals surface area contributed by atoms with Crippen molar-refractivity contribution in [2.75, 3.05) is 9.80 Å². The molecule has 14 heteroatoms. The number of β-lactam (4-membered cyclic amide) rings is 2. The molecule has 11 rings (SSSR count). The highest BCUT2D eigenvalue weighted by Gasteiger charge is 2.54. The fourth-order valence-electron chi connectivity index (χ4n) is 10.9. The molecule has 420 valence electrons. The van der Waals surface area contributed by atoms with Crippen molar-refractivity contribution in [2.24, 2.45) is 11.8 Å². The van der Waals surface area contributed by atoms with Crippen LogP contribution in [0.15, 0.2) is 211 Å². The number of anilines is 2. The number of carbonyl (C=O) groups excluding carboxylic acids is 2. The van der Waals surface area contributed by atoms with Crippen LogP contribution in [0.25, 0.3) is 0 Å². The molecule has 3 aliphatic heterocycles. The molecule has 8 aromatic rings. The van der Waals surface area contributed by atoms with Crippen LogP contribution in [0.4, 0.5) is 20.2 Å². The SMILES string of the molecule is CC1(C)OB(c2ccc([C@@H]3[C@@H](CC[C@H](O)c4ccc(F)cc4)C(=O)N3c3ccccc3)c(OCc3ccccc3)c2)OC1(C)C.O=C1[C@H](CC[C@H](O)c2ccc(F)cc2)[C@@H](c2ccc(Br)cc2OCc2ccccc2)N1c1ccccc1. The van der Waals surface area contributed by atoms with E-state index in [0.29, 0.717) is 61.5 Å². The first-order chi connectivity index (χ1) is 39.5. The topological polar surface area (TPSA) is 118 Å². The molecule has 0 bridgehead atoms. The number of aliphatic hydroxyl groups is 2. The van der Waals surface area contributed by atoms with Gasteiger partial charge in [-0.05, 0) is 148 Å². The second kappa shape index (κ2) is 25.4. The minimum Gasteiger partial charge on any atom is -0.489 e. The Bertz CT molecular complexity index is 3420. The summed E-state index contributed by atoms with van der Waals surface area (Å²) in [6.45, 7) is 8.85. The molecular formula is C68H66BBrF2N2O8. The molecule has 0 aromatic heterocycles. The van der Waals surface area contributed by atoms with Gasteiger partial charge in [-0.25, -0.2) is 8.78 Å². The van der Waals surface area contributed by atoms with Gasteiger partial charge in [-0.15, -0.1) is 0 Å². The molecule has 0 saturated carbocycles. The van der Waals surface area contributed by atoms with Gasteiger partial charge < -0.3 is 38.8 Å². The van der Waals surface area contributed by atoms with Gasteiger partial charge in [-0.3, -0.25) is 9.59 Å². The number of nitrogens with zero attached hydrogens (tertiary/aromatic N) is 2. The van der Waals surface area contributed by atoms with Crippen LogP contribution < -0.4 is 24.7 Å². The molecule has 0 spiro atoms. The number of rotatable bonds is 19. The van der Waals surface area contributed by atoms with Crippen LogP contribution in [0.1, 0.15) is 111 Å².